The predicted molar refractivity (Wildman–Crippen MR) is 82.3 cm³/mol. The predicted octanol–water partition coefficient (Wildman–Crippen LogP) is 3.58. The molecule has 1 fully saturated rings. The summed E-state index contributed by atoms with van der Waals surface area (Å²) in [5.41, 5.74) is 3.62. The number of benzene rings is 1. The Hall–Kier alpha value is -1.26. The molecule has 1 aliphatic heterocycles. The Morgan fingerprint density at radius 3 is 2.95 bits per heavy atom. The van der Waals surface area contributed by atoms with E-state index in [0.717, 1.165) is 29.6 Å². The Balaban J connectivity index is 1.61. The van der Waals surface area contributed by atoms with Gasteiger partial charge in [-0.1, -0.05) is 42.1 Å². The van der Waals surface area contributed by atoms with Crippen LogP contribution in [-0.4, -0.2) is 28.4 Å². The van der Waals surface area contributed by atoms with Gasteiger partial charge in [0.15, 0.2) is 5.16 Å². The number of aryl methyl sites for hydroxylation is 1. The van der Waals surface area contributed by atoms with Crippen molar-refractivity contribution in [2.24, 2.45) is 0 Å². The molecule has 1 aliphatic rings. The van der Waals surface area contributed by atoms with Crippen LogP contribution in [0.1, 0.15) is 29.8 Å². The first kappa shape index (κ1) is 13.7. The molecular formula is C16H20N2OS. The second-order valence-corrected chi connectivity index (χ2v) is 6.23. The van der Waals surface area contributed by atoms with Crippen LogP contribution >= 0.6 is 11.8 Å². The molecule has 1 atom stereocenters. The number of aromatic amines is 1. The van der Waals surface area contributed by atoms with E-state index in [2.05, 4.69) is 36.2 Å². The molecule has 1 aromatic carbocycles. The Morgan fingerprint density at radius 2 is 2.20 bits per heavy atom. The zero-order valence-electron chi connectivity index (χ0n) is 11.8. The highest BCUT2D eigenvalue weighted by Crippen LogP contribution is 2.23. The highest BCUT2D eigenvalue weighted by atomic mass is 32.2. The standard InChI is InChI=1S/C16H20N2OS/c1-12-15(10-13-6-3-2-4-7-13)18-16(17-12)20-11-14-8-5-9-19-14/h2-4,6-7,14H,5,8-11H2,1H3,(H,17,18). The molecule has 0 saturated carbocycles. The van der Waals surface area contributed by atoms with Gasteiger partial charge in [0.1, 0.15) is 0 Å². The molecule has 0 amide bonds. The first-order valence-electron chi connectivity index (χ1n) is 7.15. The number of H-pyrrole nitrogens is 1. The number of thioether (sulfide) groups is 1. The van der Waals surface area contributed by atoms with Gasteiger partial charge in [-0.05, 0) is 25.3 Å². The molecule has 1 unspecified atom stereocenters. The number of hydrogen-bond donors (Lipinski definition) is 1. The van der Waals surface area contributed by atoms with Crippen LogP contribution in [0.3, 0.4) is 0 Å². The average molecular weight is 288 g/mol. The third-order valence-electron chi connectivity index (χ3n) is 3.61. The molecule has 0 radical (unpaired) electrons. The maximum Gasteiger partial charge on any atom is 0.165 e. The van der Waals surface area contributed by atoms with Crippen molar-refractivity contribution in [1.29, 1.82) is 0 Å². The Bertz CT molecular complexity index is 547. The van der Waals surface area contributed by atoms with Gasteiger partial charge in [0, 0.05) is 24.5 Å². The zero-order chi connectivity index (χ0) is 13.8. The van der Waals surface area contributed by atoms with Crippen molar-refractivity contribution < 1.29 is 4.74 Å². The molecule has 0 spiro atoms. The van der Waals surface area contributed by atoms with Crippen molar-refractivity contribution in [1.82, 2.24) is 9.97 Å². The molecule has 1 aromatic heterocycles. The maximum absolute atomic E-state index is 5.64. The van der Waals surface area contributed by atoms with Gasteiger partial charge in [0.25, 0.3) is 0 Å². The summed E-state index contributed by atoms with van der Waals surface area (Å²) in [6.07, 6.45) is 3.68. The van der Waals surface area contributed by atoms with Crippen molar-refractivity contribution in [3.8, 4) is 0 Å². The van der Waals surface area contributed by atoms with E-state index in [9.17, 15) is 0 Å². The molecule has 0 aliphatic carbocycles. The van der Waals surface area contributed by atoms with E-state index in [4.69, 9.17) is 9.72 Å². The number of nitrogens with zero attached hydrogens (tertiary/aromatic N) is 1. The molecule has 1 saturated heterocycles. The van der Waals surface area contributed by atoms with Gasteiger partial charge in [-0.15, -0.1) is 0 Å². The minimum absolute atomic E-state index is 0.406. The van der Waals surface area contributed by atoms with Crippen molar-refractivity contribution >= 4 is 11.8 Å². The monoisotopic (exact) mass is 288 g/mol. The van der Waals surface area contributed by atoms with E-state index < -0.39 is 0 Å². The van der Waals surface area contributed by atoms with Gasteiger partial charge >= 0.3 is 0 Å². The minimum atomic E-state index is 0.406. The third-order valence-corrected chi connectivity index (χ3v) is 4.61. The number of ether oxygens (including phenoxy) is 1. The fourth-order valence-electron chi connectivity index (χ4n) is 2.44. The van der Waals surface area contributed by atoms with Gasteiger partial charge < -0.3 is 9.72 Å². The van der Waals surface area contributed by atoms with E-state index in [-0.39, 0.29) is 0 Å². The van der Waals surface area contributed by atoms with Crippen LogP contribution in [0.5, 0.6) is 0 Å². The molecule has 2 aromatic rings. The highest BCUT2D eigenvalue weighted by molar-refractivity contribution is 7.99. The number of hydrogen-bond acceptors (Lipinski definition) is 3. The lowest BCUT2D eigenvalue weighted by Crippen LogP contribution is -2.07. The first-order chi connectivity index (χ1) is 9.81. The van der Waals surface area contributed by atoms with Gasteiger partial charge in [-0.2, -0.15) is 0 Å². The smallest absolute Gasteiger partial charge is 0.165 e. The van der Waals surface area contributed by atoms with Crippen molar-refractivity contribution in [3.05, 3.63) is 47.3 Å². The Labute approximate surface area is 124 Å². The van der Waals surface area contributed by atoms with Crippen LogP contribution in [-0.2, 0) is 11.2 Å². The largest absolute Gasteiger partial charge is 0.377 e. The Kier molecular flexibility index (Phi) is 4.43. The van der Waals surface area contributed by atoms with Gasteiger partial charge in [-0.3, -0.25) is 0 Å². The van der Waals surface area contributed by atoms with Crippen LogP contribution in [0.2, 0.25) is 0 Å². The summed E-state index contributed by atoms with van der Waals surface area (Å²) in [5.74, 6) is 0.998. The highest BCUT2D eigenvalue weighted by Gasteiger charge is 2.17. The zero-order valence-corrected chi connectivity index (χ0v) is 12.6. The number of nitrogens with one attached hydrogen (secondary N) is 1. The fourth-order valence-corrected chi connectivity index (χ4v) is 3.45. The molecule has 0 bridgehead atoms. The number of aromatic nitrogens is 2. The van der Waals surface area contributed by atoms with Gasteiger partial charge in [0.05, 0.1) is 11.8 Å². The summed E-state index contributed by atoms with van der Waals surface area (Å²) in [7, 11) is 0. The topological polar surface area (TPSA) is 37.9 Å². The summed E-state index contributed by atoms with van der Waals surface area (Å²) in [5, 5.41) is 1.02. The normalized spacial score (nSPS) is 18.6. The first-order valence-corrected chi connectivity index (χ1v) is 8.13. The molecule has 2 heterocycles. The quantitative estimate of drug-likeness (QED) is 0.855. The third kappa shape index (κ3) is 3.44. The van der Waals surface area contributed by atoms with E-state index >= 15 is 0 Å². The molecule has 3 rings (SSSR count). The molecule has 1 N–H and O–H groups in total. The van der Waals surface area contributed by atoms with Gasteiger partial charge in [-0.25, -0.2) is 4.98 Å². The summed E-state index contributed by atoms with van der Waals surface area (Å²) in [6, 6.07) is 10.5. The lowest BCUT2D eigenvalue weighted by Gasteiger charge is -2.06. The van der Waals surface area contributed by atoms with Crippen LogP contribution in [0.15, 0.2) is 35.5 Å². The second kappa shape index (κ2) is 6.46. The van der Waals surface area contributed by atoms with E-state index in [1.165, 1.54) is 24.1 Å². The van der Waals surface area contributed by atoms with Crippen LogP contribution in [0, 0.1) is 6.92 Å². The van der Waals surface area contributed by atoms with Crippen LogP contribution in [0.4, 0.5) is 0 Å². The summed E-state index contributed by atoms with van der Waals surface area (Å²) < 4.78 is 5.64. The van der Waals surface area contributed by atoms with E-state index in [1.807, 2.05) is 6.07 Å². The maximum atomic E-state index is 5.64. The fraction of sp³-hybridized carbons (Fsp3) is 0.438. The van der Waals surface area contributed by atoms with Crippen LogP contribution < -0.4 is 0 Å². The van der Waals surface area contributed by atoms with Crippen molar-refractivity contribution in [2.75, 3.05) is 12.4 Å². The van der Waals surface area contributed by atoms with Crippen molar-refractivity contribution in [3.63, 3.8) is 0 Å². The van der Waals surface area contributed by atoms with Crippen molar-refractivity contribution in [2.45, 2.75) is 37.4 Å². The molecule has 106 valence electrons. The van der Waals surface area contributed by atoms with Crippen LogP contribution in [0.25, 0.3) is 0 Å². The molecule has 20 heavy (non-hydrogen) atoms. The molecule has 4 heteroatoms. The SMILES string of the molecule is Cc1[nH]c(SCC2CCCO2)nc1Cc1ccccc1. The summed E-state index contributed by atoms with van der Waals surface area (Å²) in [4.78, 5) is 8.10. The summed E-state index contributed by atoms with van der Waals surface area (Å²) >= 11 is 1.77. The minimum Gasteiger partial charge on any atom is -0.377 e. The lowest BCUT2D eigenvalue weighted by molar-refractivity contribution is 0.129. The van der Waals surface area contributed by atoms with E-state index in [0.29, 0.717) is 6.10 Å². The lowest BCUT2D eigenvalue weighted by atomic mass is 10.1. The molecule has 3 nitrogen and oxygen atoms in total. The van der Waals surface area contributed by atoms with Gasteiger partial charge in [0.2, 0.25) is 0 Å². The van der Waals surface area contributed by atoms with E-state index in [1.54, 1.807) is 11.8 Å². The summed E-state index contributed by atoms with van der Waals surface area (Å²) in [6.45, 7) is 3.02. The number of imidazole rings is 1. The Morgan fingerprint density at radius 1 is 1.35 bits per heavy atom. The second-order valence-electron chi connectivity index (χ2n) is 5.22. The molecular weight excluding hydrogens is 268 g/mol. The number of rotatable bonds is 5. The average Bonchev–Trinajstić information content (AvgIpc) is 3.08.